The Balaban J connectivity index is 2.41. The van der Waals surface area contributed by atoms with Gasteiger partial charge in [-0.25, -0.2) is 4.98 Å². The van der Waals surface area contributed by atoms with Crippen molar-refractivity contribution < 1.29 is 9.47 Å². The Bertz CT molecular complexity index is 332. The van der Waals surface area contributed by atoms with Gasteiger partial charge in [-0.05, 0) is 20.3 Å². The molecule has 1 aromatic heterocycles. The number of nitrogens with zero attached hydrogens (tertiary/aromatic N) is 2. The van der Waals surface area contributed by atoms with Crippen LogP contribution in [0.15, 0.2) is 6.07 Å². The summed E-state index contributed by atoms with van der Waals surface area (Å²) in [6, 6.07) is 1.80. The molecule has 0 saturated heterocycles. The molecule has 0 fully saturated rings. The zero-order valence-electron chi connectivity index (χ0n) is 10.8. The molecule has 0 aliphatic carbocycles. The third-order valence-electron chi connectivity index (χ3n) is 2.00. The highest BCUT2D eigenvalue weighted by Gasteiger charge is 2.01. The Labute approximate surface area is 103 Å². The van der Waals surface area contributed by atoms with Gasteiger partial charge in [-0.3, -0.25) is 0 Å². The lowest BCUT2D eigenvalue weighted by molar-refractivity contribution is 0.0989. The van der Waals surface area contributed by atoms with Gasteiger partial charge >= 0.3 is 0 Å². The summed E-state index contributed by atoms with van der Waals surface area (Å²) in [5.41, 5.74) is 0. The van der Waals surface area contributed by atoms with Crippen LogP contribution in [0.25, 0.3) is 0 Å². The summed E-state index contributed by atoms with van der Waals surface area (Å²) in [5, 5.41) is 3.14. The number of nitrogens with one attached hydrogen (secondary N) is 1. The van der Waals surface area contributed by atoms with E-state index < -0.39 is 0 Å². The second kappa shape index (κ2) is 7.84. The molecule has 1 heterocycles. The van der Waals surface area contributed by atoms with E-state index in [1.165, 1.54) is 0 Å². The van der Waals surface area contributed by atoms with Crippen molar-refractivity contribution in [3.05, 3.63) is 11.9 Å². The summed E-state index contributed by atoms with van der Waals surface area (Å²) in [5.74, 6) is 2.09. The fourth-order valence-corrected chi connectivity index (χ4v) is 1.34. The van der Waals surface area contributed by atoms with Crippen molar-refractivity contribution in [1.29, 1.82) is 0 Å². The largest absolute Gasteiger partial charge is 0.475 e. The monoisotopic (exact) mass is 239 g/mol. The number of ether oxygens (including phenoxy) is 2. The topological polar surface area (TPSA) is 56.3 Å². The molecule has 1 aromatic rings. The minimum atomic E-state index is 0.516. The second-order valence-corrected chi connectivity index (χ2v) is 3.63. The van der Waals surface area contributed by atoms with Crippen LogP contribution in [0.5, 0.6) is 5.88 Å². The third-order valence-corrected chi connectivity index (χ3v) is 2.00. The quantitative estimate of drug-likeness (QED) is 0.703. The van der Waals surface area contributed by atoms with E-state index in [1.54, 1.807) is 6.07 Å². The summed E-state index contributed by atoms with van der Waals surface area (Å²) < 4.78 is 10.8. The Morgan fingerprint density at radius 1 is 1.18 bits per heavy atom. The molecule has 0 atom stereocenters. The summed E-state index contributed by atoms with van der Waals surface area (Å²) in [6.45, 7) is 8.66. The minimum absolute atomic E-state index is 0.516. The van der Waals surface area contributed by atoms with Gasteiger partial charge in [-0.15, -0.1) is 0 Å². The first-order valence-corrected chi connectivity index (χ1v) is 6.06. The van der Waals surface area contributed by atoms with E-state index in [2.05, 4.69) is 22.2 Å². The molecule has 1 N–H and O–H groups in total. The van der Waals surface area contributed by atoms with Crippen molar-refractivity contribution in [2.75, 3.05) is 31.7 Å². The molecule has 0 saturated carbocycles. The molecular formula is C12H21N3O2. The Kier molecular flexibility index (Phi) is 6.32. The van der Waals surface area contributed by atoms with E-state index in [4.69, 9.17) is 9.47 Å². The van der Waals surface area contributed by atoms with E-state index in [9.17, 15) is 0 Å². The molecule has 0 spiro atoms. The van der Waals surface area contributed by atoms with E-state index >= 15 is 0 Å². The lowest BCUT2D eigenvalue weighted by Crippen LogP contribution is -2.09. The number of aryl methyl sites for hydroxylation is 1. The van der Waals surface area contributed by atoms with Gasteiger partial charge in [0.05, 0.1) is 6.61 Å². The zero-order chi connectivity index (χ0) is 12.5. The Hall–Kier alpha value is -1.36. The molecule has 0 aliphatic heterocycles. The van der Waals surface area contributed by atoms with Crippen molar-refractivity contribution in [3.8, 4) is 5.88 Å². The first-order chi connectivity index (χ1) is 8.26. The SMILES string of the molecule is CCCOCCOc1cc(NCC)nc(C)n1. The lowest BCUT2D eigenvalue weighted by Gasteiger charge is -2.08. The summed E-state index contributed by atoms with van der Waals surface area (Å²) in [6.07, 6.45) is 1.02. The van der Waals surface area contributed by atoms with Crippen molar-refractivity contribution in [2.24, 2.45) is 0 Å². The average molecular weight is 239 g/mol. The van der Waals surface area contributed by atoms with Crippen LogP contribution in [0.4, 0.5) is 5.82 Å². The Morgan fingerprint density at radius 3 is 2.71 bits per heavy atom. The van der Waals surface area contributed by atoms with Crippen molar-refractivity contribution >= 4 is 5.82 Å². The number of hydrogen-bond donors (Lipinski definition) is 1. The predicted octanol–water partition coefficient (Wildman–Crippen LogP) is 2.02. The molecular weight excluding hydrogens is 218 g/mol. The van der Waals surface area contributed by atoms with Gasteiger partial charge in [-0.2, -0.15) is 4.98 Å². The van der Waals surface area contributed by atoms with Crippen LogP contribution in [-0.4, -0.2) is 36.3 Å². The van der Waals surface area contributed by atoms with Crippen molar-refractivity contribution in [2.45, 2.75) is 27.2 Å². The van der Waals surface area contributed by atoms with Crippen LogP contribution in [0, 0.1) is 6.92 Å². The Morgan fingerprint density at radius 2 is 2.00 bits per heavy atom. The molecule has 96 valence electrons. The predicted molar refractivity (Wildman–Crippen MR) is 67.5 cm³/mol. The van der Waals surface area contributed by atoms with Crippen LogP contribution < -0.4 is 10.1 Å². The van der Waals surface area contributed by atoms with Crippen LogP contribution in [0.2, 0.25) is 0 Å². The normalized spacial score (nSPS) is 10.3. The highest BCUT2D eigenvalue weighted by Crippen LogP contribution is 2.12. The number of aromatic nitrogens is 2. The first-order valence-electron chi connectivity index (χ1n) is 6.06. The second-order valence-electron chi connectivity index (χ2n) is 3.63. The maximum atomic E-state index is 5.50. The van der Waals surface area contributed by atoms with E-state index in [0.717, 1.165) is 25.4 Å². The number of rotatable bonds is 8. The standard InChI is InChI=1S/C12H21N3O2/c1-4-6-16-7-8-17-12-9-11(13-5-2)14-10(3)15-12/h9H,4-8H2,1-3H3,(H,13,14,15). The highest BCUT2D eigenvalue weighted by molar-refractivity contribution is 5.38. The molecule has 5 heteroatoms. The van der Waals surface area contributed by atoms with Gasteiger partial charge in [0.1, 0.15) is 18.2 Å². The average Bonchev–Trinajstić information content (AvgIpc) is 2.28. The van der Waals surface area contributed by atoms with Gasteiger partial charge in [0, 0.05) is 19.2 Å². The number of anilines is 1. The van der Waals surface area contributed by atoms with Gasteiger partial charge in [0.25, 0.3) is 0 Å². The zero-order valence-corrected chi connectivity index (χ0v) is 10.8. The van der Waals surface area contributed by atoms with Gasteiger partial charge in [-0.1, -0.05) is 6.92 Å². The van der Waals surface area contributed by atoms with Crippen LogP contribution in [0.1, 0.15) is 26.1 Å². The molecule has 5 nitrogen and oxygen atoms in total. The van der Waals surface area contributed by atoms with E-state index in [-0.39, 0.29) is 0 Å². The van der Waals surface area contributed by atoms with Crippen LogP contribution in [-0.2, 0) is 4.74 Å². The van der Waals surface area contributed by atoms with E-state index in [0.29, 0.717) is 24.9 Å². The molecule has 0 bridgehead atoms. The molecule has 0 amide bonds. The van der Waals surface area contributed by atoms with Gasteiger partial charge < -0.3 is 14.8 Å². The lowest BCUT2D eigenvalue weighted by atomic mass is 10.5. The molecule has 0 unspecified atom stereocenters. The summed E-state index contributed by atoms with van der Waals surface area (Å²) in [4.78, 5) is 8.45. The fourth-order valence-electron chi connectivity index (χ4n) is 1.34. The highest BCUT2D eigenvalue weighted by atomic mass is 16.5. The third kappa shape index (κ3) is 5.49. The molecule has 17 heavy (non-hydrogen) atoms. The maximum Gasteiger partial charge on any atom is 0.218 e. The first kappa shape index (κ1) is 13.7. The summed E-state index contributed by atoms with van der Waals surface area (Å²) >= 11 is 0. The molecule has 0 radical (unpaired) electrons. The van der Waals surface area contributed by atoms with Crippen LogP contribution in [0.3, 0.4) is 0 Å². The molecule has 1 rings (SSSR count). The molecule has 0 aliphatic rings. The summed E-state index contributed by atoms with van der Waals surface area (Å²) in [7, 11) is 0. The van der Waals surface area contributed by atoms with Crippen molar-refractivity contribution in [1.82, 2.24) is 9.97 Å². The van der Waals surface area contributed by atoms with Gasteiger partial charge in [0.15, 0.2) is 0 Å². The van der Waals surface area contributed by atoms with E-state index in [1.807, 2.05) is 13.8 Å². The fraction of sp³-hybridized carbons (Fsp3) is 0.667. The van der Waals surface area contributed by atoms with Crippen molar-refractivity contribution in [3.63, 3.8) is 0 Å². The minimum Gasteiger partial charge on any atom is -0.475 e. The van der Waals surface area contributed by atoms with Gasteiger partial charge in [0.2, 0.25) is 5.88 Å². The maximum absolute atomic E-state index is 5.50. The smallest absolute Gasteiger partial charge is 0.218 e. The number of hydrogen-bond acceptors (Lipinski definition) is 5. The molecule has 0 aromatic carbocycles. The van der Waals surface area contributed by atoms with Crippen LogP contribution >= 0.6 is 0 Å².